The minimum Gasteiger partial charge on any atom is -0.347 e. The maximum atomic E-state index is 4.33. The zero-order chi connectivity index (χ0) is 13.9. The van der Waals surface area contributed by atoms with Gasteiger partial charge in [0.2, 0.25) is 5.13 Å². The van der Waals surface area contributed by atoms with Crippen LogP contribution in [-0.2, 0) is 0 Å². The summed E-state index contributed by atoms with van der Waals surface area (Å²) in [6.45, 7) is 2.11. The molecule has 1 saturated heterocycles. The largest absolute Gasteiger partial charge is 0.347 e. The van der Waals surface area contributed by atoms with E-state index in [1.54, 1.807) is 17.5 Å². The van der Waals surface area contributed by atoms with E-state index >= 15 is 0 Å². The molecule has 0 saturated carbocycles. The average molecular weight is 289 g/mol. The summed E-state index contributed by atoms with van der Waals surface area (Å²) in [7, 11) is 4.31. The lowest BCUT2D eigenvalue weighted by Gasteiger charge is -2.34. The highest BCUT2D eigenvalue weighted by Gasteiger charge is 2.23. The van der Waals surface area contributed by atoms with E-state index in [0.717, 1.165) is 28.9 Å². The van der Waals surface area contributed by atoms with E-state index in [0.29, 0.717) is 6.04 Å². The lowest BCUT2D eigenvalue weighted by molar-refractivity contribution is 0.249. The highest BCUT2D eigenvalue weighted by atomic mass is 32.1. The van der Waals surface area contributed by atoms with Crippen molar-refractivity contribution in [2.24, 2.45) is 0 Å². The Morgan fingerprint density at radius 2 is 2.00 bits per heavy atom. The molecule has 0 radical (unpaired) electrons. The monoisotopic (exact) mass is 289 g/mol. The van der Waals surface area contributed by atoms with Crippen molar-refractivity contribution in [3.8, 4) is 10.7 Å². The highest BCUT2D eigenvalue weighted by Crippen LogP contribution is 2.29. The van der Waals surface area contributed by atoms with Crippen molar-refractivity contribution < 1.29 is 0 Å². The maximum absolute atomic E-state index is 4.33. The Bertz CT molecular complexity index is 546. The molecule has 0 aromatic carbocycles. The molecule has 0 N–H and O–H groups in total. The van der Waals surface area contributed by atoms with Gasteiger partial charge in [0.05, 0.1) is 0 Å². The van der Waals surface area contributed by atoms with Crippen LogP contribution in [0.15, 0.2) is 24.4 Å². The molecule has 1 aliphatic rings. The molecule has 0 amide bonds. The third kappa shape index (κ3) is 2.81. The number of pyridine rings is 1. The average Bonchev–Trinajstić information content (AvgIpc) is 2.98. The second-order valence-corrected chi connectivity index (χ2v) is 6.24. The molecule has 1 aliphatic heterocycles. The molecule has 5 nitrogen and oxygen atoms in total. The van der Waals surface area contributed by atoms with Crippen LogP contribution in [0.25, 0.3) is 10.7 Å². The van der Waals surface area contributed by atoms with Gasteiger partial charge in [0, 0.05) is 25.3 Å². The van der Waals surface area contributed by atoms with Gasteiger partial charge in [-0.25, -0.2) is 0 Å². The third-order valence-electron chi connectivity index (χ3n) is 3.76. The first-order chi connectivity index (χ1) is 9.74. The fraction of sp³-hybridized carbons (Fsp3) is 0.500. The molecule has 2 aromatic rings. The van der Waals surface area contributed by atoms with Gasteiger partial charge in [-0.15, -0.1) is 10.2 Å². The van der Waals surface area contributed by atoms with Gasteiger partial charge in [-0.3, -0.25) is 4.98 Å². The Morgan fingerprint density at radius 1 is 1.20 bits per heavy atom. The quantitative estimate of drug-likeness (QED) is 0.866. The van der Waals surface area contributed by atoms with Gasteiger partial charge in [0.1, 0.15) is 5.69 Å². The van der Waals surface area contributed by atoms with Crippen LogP contribution in [0.1, 0.15) is 12.8 Å². The molecule has 0 bridgehead atoms. The summed E-state index contributed by atoms with van der Waals surface area (Å²) in [5, 5.41) is 10.5. The predicted octanol–water partition coefficient (Wildman–Crippen LogP) is 2.13. The Labute approximate surface area is 123 Å². The van der Waals surface area contributed by atoms with Gasteiger partial charge in [-0.1, -0.05) is 17.4 Å². The summed E-state index contributed by atoms with van der Waals surface area (Å²) in [5.74, 6) is 0. The fourth-order valence-corrected chi connectivity index (χ4v) is 3.38. The lowest BCUT2D eigenvalue weighted by Crippen LogP contribution is -2.41. The van der Waals surface area contributed by atoms with Crippen LogP contribution in [0.5, 0.6) is 0 Å². The SMILES string of the molecule is CN(C)C1CCN(c2nnc(-c3ccccn3)s2)CC1. The fourth-order valence-electron chi connectivity index (χ4n) is 2.51. The van der Waals surface area contributed by atoms with Gasteiger partial charge in [-0.05, 0) is 39.1 Å². The van der Waals surface area contributed by atoms with Crippen LogP contribution in [0, 0.1) is 0 Å². The van der Waals surface area contributed by atoms with Crippen molar-refractivity contribution in [1.29, 1.82) is 0 Å². The number of hydrogen-bond donors (Lipinski definition) is 0. The summed E-state index contributed by atoms with van der Waals surface area (Å²) < 4.78 is 0. The summed E-state index contributed by atoms with van der Waals surface area (Å²) >= 11 is 1.63. The van der Waals surface area contributed by atoms with Crippen LogP contribution in [-0.4, -0.2) is 53.3 Å². The minimum absolute atomic E-state index is 0.689. The van der Waals surface area contributed by atoms with Gasteiger partial charge in [-0.2, -0.15) is 0 Å². The Kier molecular flexibility index (Phi) is 3.93. The molecule has 3 rings (SSSR count). The third-order valence-corrected chi connectivity index (χ3v) is 4.77. The summed E-state index contributed by atoms with van der Waals surface area (Å²) in [5.41, 5.74) is 0.902. The maximum Gasteiger partial charge on any atom is 0.208 e. The van der Waals surface area contributed by atoms with Gasteiger partial charge >= 0.3 is 0 Å². The van der Waals surface area contributed by atoms with Crippen LogP contribution >= 0.6 is 11.3 Å². The first kappa shape index (κ1) is 13.5. The first-order valence-electron chi connectivity index (χ1n) is 6.90. The molecule has 106 valence electrons. The minimum atomic E-state index is 0.689. The van der Waals surface area contributed by atoms with Crippen molar-refractivity contribution >= 4 is 16.5 Å². The van der Waals surface area contributed by atoms with E-state index in [1.165, 1.54) is 12.8 Å². The molecule has 0 unspecified atom stereocenters. The van der Waals surface area contributed by atoms with Gasteiger partial charge in [0.15, 0.2) is 5.01 Å². The van der Waals surface area contributed by atoms with Crippen molar-refractivity contribution in [1.82, 2.24) is 20.1 Å². The smallest absolute Gasteiger partial charge is 0.208 e. The molecule has 0 aliphatic carbocycles. The summed E-state index contributed by atoms with van der Waals surface area (Å²) in [4.78, 5) is 8.98. The normalized spacial score (nSPS) is 16.9. The molecule has 6 heteroatoms. The Balaban J connectivity index is 1.69. The number of rotatable bonds is 3. The van der Waals surface area contributed by atoms with Crippen LogP contribution in [0.4, 0.5) is 5.13 Å². The van der Waals surface area contributed by atoms with Crippen LogP contribution in [0.3, 0.4) is 0 Å². The van der Waals surface area contributed by atoms with Crippen molar-refractivity contribution in [2.45, 2.75) is 18.9 Å². The van der Waals surface area contributed by atoms with Gasteiger partial charge in [0.25, 0.3) is 0 Å². The number of anilines is 1. The zero-order valence-corrected chi connectivity index (χ0v) is 12.7. The van der Waals surface area contributed by atoms with E-state index in [1.807, 2.05) is 18.2 Å². The van der Waals surface area contributed by atoms with Crippen molar-refractivity contribution in [2.75, 3.05) is 32.1 Å². The van der Waals surface area contributed by atoms with E-state index in [-0.39, 0.29) is 0 Å². The second-order valence-electron chi connectivity index (χ2n) is 5.29. The zero-order valence-electron chi connectivity index (χ0n) is 11.9. The molecule has 20 heavy (non-hydrogen) atoms. The first-order valence-corrected chi connectivity index (χ1v) is 7.72. The van der Waals surface area contributed by atoms with E-state index in [9.17, 15) is 0 Å². The lowest BCUT2D eigenvalue weighted by atomic mass is 10.1. The molecule has 0 atom stereocenters. The molecule has 1 fully saturated rings. The number of nitrogens with zero attached hydrogens (tertiary/aromatic N) is 5. The van der Waals surface area contributed by atoms with Gasteiger partial charge < -0.3 is 9.80 Å². The van der Waals surface area contributed by atoms with E-state index in [2.05, 4.69) is 39.1 Å². The van der Waals surface area contributed by atoms with E-state index < -0.39 is 0 Å². The Morgan fingerprint density at radius 3 is 2.65 bits per heavy atom. The highest BCUT2D eigenvalue weighted by molar-refractivity contribution is 7.18. The molecule has 2 aromatic heterocycles. The molecule has 3 heterocycles. The van der Waals surface area contributed by atoms with Crippen LogP contribution in [0.2, 0.25) is 0 Å². The predicted molar refractivity (Wildman–Crippen MR) is 82.1 cm³/mol. The number of hydrogen-bond acceptors (Lipinski definition) is 6. The molecular weight excluding hydrogens is 270 g/mol. The summed E-state index contributed by atoms with van der Waals surface area (Å²) in [6.07, 6.45) is 4.16. The molecular formula is C14H19N5S. The number of piperidine rings is 1. The second kappa shape index (κ2) is 5.85. The standard InChI is InChI=1S/C14H19N5S/c1-18(2)11-6-9-19(10-7-11)14-17-16-13(20-14)12-5-3-4-8-15-12/h3-5,8,11H,6-7,9-10H2,1-2H3. The van der Waals surface area contributed by atoms with Crippen molar-refractivity contribution in [3.63, 3.8) is 0 Å². The number of aromatic nitrogens is 3. The summed E-state index contributed by atoms with van der Waals surface area (Å²) in [6, 6.07) is 6.56. The van der Waals surface area contributed by atoms with Crippen LogP contribution < -0.4 is 4.90 Å². The van der Waals surface area contributed by atoms with Crippen molar-refractivity contribution in [3.05, 3.63) is 24.4 Å². The van der Waals surface area contributed by atoms with E-state index in [4.69, 9.17) is 0 Å². The molecule has 0 spiro atoms. The Hall–Kier alpha value is -1.53. The topological polar surface area (TPSA) is 45.2 Å².